The summed E-state index contributed by atoms with van der Waals surface area (Å²) in [4.78, 5) is 13.8. The second-order valence-corrected chi connectivity index (χ2v) is 11.5. The van der Waals surface area contributed by atoms with Gasteiger partial charge in [-0.05, 0) is 11.1 Å². The Morgan fingerprint density at radius 1 is 0.667 bits per heavy atom. The molecule has 0 aliphatic rings. The van der Waals surface area contributed by atoms with Crippen molar-refractivity contribution < 1.29 is 0 Å². The minimum absolute atomic E-state index is 0.137. The maximum absolute atomic E-state index is 13.8. The lowest BCUT2D eigenvalue weighted by Gasteiger charge is -2.17. The van der Waals surface area contributed by atoms with Gasteiger partial charge in [0.15, 0.2) is 5.43 Å². The normalized spacial score (nSPS) is 11.3. The molecular formula is C23H24OS3. The van der Waals surface area contributed by atoms with E-state index in [0.29, 0.717) is 10.5 Å². The summed E-state index contributed by atoms with van der Waals surface area (Å²) >= 11 is 5.33. The van der Waals surface area contributed by atoms with E-state index >= 15 is 0 Å². The zero-order valence-corrected chi connectivity index (χ0v) is 18.5. The molecule has 0 saturated carbocycles. The van der Waals surface area contributed by atoms with Gasteiger partial charge < -0.3 is 0 Å². The van der Waals surface area contributed by atoms with E-state index in [1.54, 1.807) is 34.9 Å². The van der Waals surface area contributed by atoms with Crippen molar-refractivity contribution in [3.8, 4) is 22.3 Å². The summed E-state index contributed by atoms with van der Waals surface area (Å²) in [5.41, 5.74) is 3.82. The van der Waals surface area contributed by atoms with Gasteiger partial charge in [-0.1, -0.05) is 88.4 Å². The van der Waals surface area contributed by atoms with Crippen molar-refractivity contribution in [2.45, 2.75) is 46.6 Å². The molecule has 0 N–H and O–H groups in total. The van der Waals surface area contributed by atoms with Gasteiger partial charge in [0.1, 0.15) is 0 Å². The lowest BCUT2D eigenvalue weighted by molar-refractivity contribution is 1.11. The van der Waals surface area contributed by atoms with Gasteiger partial charge in [0.2, 0.25) is 0 Å². The molecule has 1 heterocycles. The highest BCUT2D eigenvalue weighted by Gasteiger charge is 2.21. The zero-order chi connectivity index (χ0) is 19.4. The first-order valence-corrected chi connectivity index (χ1v) is 11.7. The quantitative estimate of drug-likeness (QED) is 0.391. The first-order chi connectivity index (χ1) is 13.0. The van der Waals surface area contributed by atoms with Crippen LogP contribution in [0.1, 0.15) is 27.7 Å². The minimum Gasteiger partial charge on any atom is -0.288 e. The Kier molecular flexibility index (Phi) is 6.85. The maximum Gasteiger partial charge on any atom is 0.198 e. The summed E-state index contributed by atoms with van der Waals surface area (Å²) < 4.78 is 2.23. The van der Waals surface area contributed by atoms with Gasteiger partial charge in [-0.25, -0.2) is 0 Å². The van der Waals surface area contributed by atoms with Crippen LogP contribution in [0.25, 0.3) is 22.3 Å². The fourth-order valence-electron chi connectivity index (χ4n) is 2.80. The molecule has 3 rings (SSSR count). The molecule has 1 aromatic heterocycles. The fourth-order valence-corrected chi connectivity index (χ4v) is 7.30. The van der Waals surface area contributed by atoms with Crippen molar-refractivity contribution in [1.29, 1.82) is 0 Å². The molecule has 27 heavy (non-hydrogen) atoms. The van der Waals surface area contributed by atoms with Crippen LogP contribution in [-0.2, 0) is 0 Å². The molecule has 0 amide bonds. The van der Waals surface area contributed by atoms with E-state index in [9.17, 15) is 4.79 Å². The van der Waals surface area contributed by atoms with Crippen LogP contribution in [0.15, 0.2) is 73.9 Å². The number of thioether (sulfide) groups is 2. The highest BCUT2D eigenvalue weighted by molar-refractivity contribution is 8.04. The molecule has 4 heteroatoms. The Hall–Kier alpha value is -1.49. The number of hydrogen-bond acceptors (Lipinski definition) is 4. The molecule has 0 saturated heterocycles. The summed E-state index contributed by atoms with van der Waals surface area (Å²) in [6.45, 7) is 8.71. The largest absolute Gasteiger partial charge is 0.288 e. The van der Waals surface area contributed by atoms with Gasteiger partial charge in [0.05, 0.1) is 19.5 Å². The van der Waals surface area contributed by atoms with E-state index in [1.807, 2.05) is 60.7 Å². The third-order valence-electron chi connectivity index (χ3n) is 3.86. The number of rotatable bonds is 6. The Labute approximate surface area is 174 Å². The van der Waals surface area contributed by atoms with Crippen LogP contribution in [0.4, 0.5) is 0 Å². The standard InChI is InChI=1S/C23H24OS3/c1-15(2)25-22-19(17-11-7-5-8-12-17)21(24)20(18-13-9-6-10-14-18)23(27-22)26-16(3)4/h5-16H,1-4H3. The molecule has 3 aromatic rings. The smallest absolute Gasteiger partial charge is 0.198 e. The predicted molar refractivity (Wildman–Crippen MR) is 123 cm³/mol. The van der Waals surface area contributed by atoms with Gasteiger partial charge in [-0.3, -0.25) is 4.79 Å². The first kappa shape index (κ1) is 20.2. The predicted octanol–water partition coefficient (Wildman–Crippen LogP) is 7.44. The third kappa shape index (κ3) is 4.87. The van der Waals surface area contributed by atoms with E-state index in [4.69, 9.17) is 0 Å². The summed E-state index contributed by atoms with van der Waals surface area (Å²) in [5, 5.41) is 0.838. The summed E-state index contributed by atoms with van der Waals surface area (Å²) in [7, 11) is 0. The maximum atomic E-state index is 13.8. The molecule has 0 fully saturated rings. The van der Waals surface area contributed by atoms with Crippen LogP contribution >= 0.6 is 34.9 Å². The molecule has 1 nitrogen and oxygen atoms in total. The van der Waals surface area contributed by atoms with Crippen molar-refractivity contribution >= 4 is 34.9 Å². The van der Waals surface area contributed by atoms with Crippen LogP contribution in [0.5, 0.6) is 0 Å². The Morgan fingerprint density at radius 2 is 1.04 bits per heavy atom. The van der Waals surface area contributed by atoms with Crippen LogP contribution in [0, 0.1) is 0 Å². The molecule has 0 aliphatic heterocycles. The third-order valence-corrected chi connectivity index (χ3v) is 7.49. The average molecular weight is 413 g/mol. The average Bonchev–Trinajstić information content (AvgIpc) is 2.62. The van der Waals surface area contributed by atoms with Gasteiger partial charge in [0, 0.05) is 10.5 Å². The Morgan fingerprint density at radius 3 is 1.37 bits per heavy atom. The van der Waals surface area contributed by atoms with E-state index in [-0.39, 0.29) is 5.43 Å². The molecular weight excluding hydrogens is 388 g/mol. The van der Waals surface area contributed by atoms with Gasteiger partial charge in [-0.15, -0.1) is 34.9 Å². The summed E-state index contributed by atoms with van der Waals surface area (Å²) in [6, 6.07) is 20.2. The molecule has 2 aromatic carbocycles. The monoisotopic (exact) mass is 412 g/mol. The highest BCUT2D eigenvalue weighted by atomic mass is 32.2. The molecule has 0 bridgehead atoms. The molecule has 0 spiro atoms. The van der Waals surface area contributed by atoms with Gasteiger partial charge in [-0.2, -0.15) is 0 Å². The van der Waals surface area contributed by atoms with Gasteiger partial charge in [0.25, 0.3) is 0 Å². The second kappa shape index (κ2) is 9.13. The van der Waals surface area contributed by atoms with Crippen LogP contribution in [-0.4, -0.2) is 10.5 Å². The topological polar surface area (TPSA) is 17.1 Å². The van der Waals surface area contributed by atoms with Crippen molar-refractivity contribution in [2.75, 3.05) is 0 Å². The minimum atomic E-state index is 0.137. The Balaban J connectivity index is 2.33. The lowest BCUT2D eigenvalue weighted by Crippen LogP contribution is -2.11. The van der Waals surface area contributed by atoms with E-state index in [0.717, 1.165) is 30.7 Å². The number of hydrogen-bond donors (Lipinski definition) is 0. The van der Waals surface area contributed by atoms with Crippen LogP contribution < -0.4 is 5.43 Å². The molecule has 140 valence electrons. The van der Waals surface area contributed by atoms with Crippen LogP contribution in [0.2, 0.25) is 0 Å². The SMILES string of the molecule is CC(C)Sc1sc(SC(C)C)c(-c2ccccc2)c(=O)c1-c1ccccc1. The van der Waals surface area contributed by atoms with E-state index in [1.165, 1.54) is 0 Å². The van der Waals surface area contributed by atoms with Crippen molar-refractivity contribution in [3.05, 3.63) is 70.9 Å². The van der Waals surface area contributed by atoms with Crippen molar-refractivity contribution in [1.82, 2.24) is 0 Å². The Bertz CT molecular complexity index is 870. The summed E-state index contributed by atoms with van der Waals surface area (Å²) in [5.74, 6) is 0. The van der Waals surface area contributed by atoms with E-state index in [2.05, 4.69) is 27.7 Å². The number of benzene rings is 2. The first-order valence-electron chi connectivity index (χ1n) is 9.12. The zero-order valence-electron chi connectivity index (χ0n) is 16.1. The molecule has 0 radical (unpaired) electrons. The highest BCUT2D eigenvalue weighted by Crippen LogP contribution is 2.44. The lowest BCUT2D eigenvalue weighted by atomic mass is 10.0. The second-order valence-electron chi connectivity index (χ2n) is 6.82. The van der Waals surface area contributed by atoms with Crippen molar-refractivity contribution in [2.24, 2.45) is 0 Å². The van der Waals surface area contributed by atoms with Crippen LogP contribution in [0.3, 0.4) is 0 Å². The molecule has 0 aliphatic carbocycles. The fraction of sp³-hybridized carbons (Fsp3) is 0.261. The summed E-state index contributed by atoms with van der Waals surface area (Å²) in [6.07, 6.45) is 0. The van der Waals surface area contributed by atoms with Crippen molar-refractivity contribution in [3.63, 3.8) is 0 Å². The molecule has 0 unspecified atom stereocenters. The van der Waals surface area contributed by atoms with Gasteiger partial charge >= 0.3 is 0 Å². The molecule has 0 atom stereocenters. The van der Waals surface area contributed by atoms with E-state index < -0.39 is 0 Å².